The molecule has 7 heteroatoms. The molecule has 0 spiro atoms. The topological polar surface area (TPSA) is 87.3 Å². The summed E-state index contributed by atoms with van der Waals surface area (Å²) in [6, 6.07) is 22.8. The van der Waals surface area contributed by atoms with Gasteiger partial charge in [0.15, 0.2) is 11.5 Å². The lowest BCUT2D eigenvalue weighted by Crippen LogP contribution is -2.04. The maximum atomic E-state index is 13.3. The third-order valence-corrected chi connectivity index (χ3v) is 6.66. The van der Waals surface area contributed by atoms with Gasteiger partial charge in [-0.1, -0.05) is 48.5 Å². The fraction of sp³-hybridized carbons (Fsp3) is 0.0741. The summed E-state index contributed by atoms with van der Waals surface area (Å²) in [6.45, 7) is 0. The summed E-state index contributed by atoms with van der Waals surface area (Å²) in [5.74, 6) is 0.954. The van der Waals surface area contributed by atoms with E-state index in [1.54, 1.807) is 38.6 Å². The zero-order chi connectivity index (χ0) is 23.7. The molecule has 0 radical (unpaired) electrons. The maximum absolute atomic E-state index is 13.3. The van der Waals surface area contributed by atoms with Gasteiger partial charge in [-0.25, -0.2) is 4.98 Å². The molecule has 5 rings (SSSR count). The number of nitrogen functional groups attached to an aromatic ring is 1. The number of carbonyl (C=O) groups excluding carboxylic acids is 1. The number of hydrogen-bond acceptors (Lipinski definition) is 7. The molecule has 3 aromatic heterocycles. The lowest BCUT2D eigenvalue weighted by molar-refractivity contribution is 0.103. The first-order chi connectivity index (χ1) is 16.6. The van der Waals surface area contributed by atoms with Gasteiger partial charge in [0.1, 0.15) is 15.4 Å². The second-order valence-electron chi connectivity index (χ2n) is 7.53. The van der Waals surface area contributed by atoms with Gasteiger partial charge in [0, 0.05) is 28.3 Å². The monoisotopic (exact) mass is 467 g/mol. The second-order valence-corrected chi connectivity index (χ2v) is 8.53. The molecule has 2 N–H and O–H groups in total. The lowest BCUT2D eigenvalue weighted by atomic mass is 9.98. The van der Waals surface area contributed by atoms with Gasteiger partial charge in [-0.05, 0) is 24.3 Å². The van der Waals surface area contributed by atoms with Crippen LogP contribution in [0.3, 0.4) is 0 Å². The number of aromatic nitrogens is 2. The van der Waals surface area contributed by atoms with Crippen LogP contribution in [0.1, 0.15) is 15.4 Å². The first kappa shape index (κ1) is 21.6. The average molecular weight is 468 g/mol. The quantitative estimate of drug-likeness (QED) is 0.315. The van der Waals surface area contributed by atoms with Crippen molar-refractivity contribution in [3.05, 3.63) is 89.6 Å². The number of fused-ring (bicyclic) bond motifs is 1. The van der Waals surface area contributed by atoms with E-state index in [4.69, 9.17) is 20.2 Å². The number of ether oxygens (including phenoxy) is 2. The van der Waals surface area contributed by atoms with Gasteiger partial charge in [-0.15, -0.1) is 11.3 Å². The average Bonchev–Trinajstić information content (AvgIpc) is 3.24. The van der Waals surface area contributed by atoms with E-state index >= 15 is 0 Å². The van der Waals surface area contributed by atoms with Crippen LogP contribution in [0.5, 0.6) is 11.5 Å². The number of thiophene rings is 1. The molecule has 0 aliphatic rings. The summed E-state index contributed by atoms with van der Waals surface area (Å²) in [5.41, 5.74) is 10.7. The Hall–Kier alpha value is -4.23. The first-order valence-electron chi connectivity index (χ1n) is 10.6. The molecule has 0 unspecified atom stereocenters. The van der Waals surface area contributed by atoms with Gasteiger partial charge in [0.25, 0.3) is 0 Å². The van der Waals surface area contributed by atoms with Crippen molar-refractivity contribution in [1.29, 1.82) is 0 Å². The molecule has 168 valence electrons. The largest absolute Gasteiger partial charge is 0.493 e. The summed E-state index contributed by atoms with van der Waals surface area (Å²) in [5, 5.41) is 0.704. The molecule has 3 heterocycles. The van der Waals surface area contributed by atoms with Crippen LogP contribution in [0, 0.1) is 0 Å². The Kier molecular flexibility index (Phi) is 5.69. The number of methoxy groups -OCH3 is 2. The minimum atomic E-state index is -0.231. The zero-order valence-corrected chi connectivity index (χ0v) is 19.4. The molecule has 0 bridgehead atoms. The Balaban J connectivity index is 1.82. The van der Waals surface area contributed by atoms with Crippen LogP contribution >= 0.6 is 11.3 Å². The van der Waals surface area contributed by atoms with Crippen LogP contribution in [0.4, 0.5) is 5.69 Å². The number of hydrogen-bond donors (Lipinski definition) is 1. The Labute approximate surface area is 200 Å². The third-order valence-electron chi connectivity index (χ3n) is 5.57. The summed E-state index contributed by atoms with van der Waals surface area (Å²) in [7, 11) is 3.20. The molecule has 6 nitrogen and oxygen atoms in total. The summed E-state index contributed by atoms with van der Waals surface area (Å²) < 4.78 is 11.2. The Morgan fingerprint density at radius 3 is 2.41 bits per heavy atom. The van der Waals surface area contributed by atoms with Gasteiger partial charge in [0.05, 0.1) is 25.6 Å². The Bertz CT molecular complexity index is 1500. The van der Waals surface area contributed by atoms with Crippen LogP contribution in [0.25, 0.3) is 32.6 Å². The number of para-hydroxylation sites is 1. The lowest BCUT2D eigenvalue weighted by Gasteiger charge is -2.15. The number of rotatable bonds is 6. The predicted octanol–water partition coefficient (Wildman–Crippen LogP) is 5.86. The minimum absolute atomic E-state index is 0.231. The zero-order valence-electron chi connectivity index (χ0n) is 18.6. The van der Waals surface area contributed by atoms with Crippen molar-refractivity contribution in [3.63, 3.8) is 0 Å². The van der Waals surface area contributed by atoms with Gasteiger partial charge in [-0.3, -0.25) is 9.78 Å². The number of ketones is 1. The van der Waals surface area contributed by atoms with E-state index in [0.29, 0.717) is 38.0 Å². The minimum Gasteiger partial charge on any atom is -0.493 e. The van der Waals surface area contributed by atoms with Crippen molar-refractivity contribution in [1.82, 2.24) is 9.97 Å². The van der Waals surface area contributed by atoms with Crippen LogP contribution in [0.15, 0.2) is 79.0 Å². The van der Waals surface area contributed by atoms with E-state index in [1.165, 1.54) is 11.3 Å². The third kappa shape index (κ3) is 3.66. The molecule has 0 fully saturated rings. The second kappa shape index (κ2) is 8.96. The molecule has 34 heavy (non-hydrogen) atoms. The molecule has 0 saturated carbocycles. The van der Waals surface area contributed by atoms with Crippen LogP contribution in [-0.4, -0.2) is 30.0 Å². The van der Waals surface area contributed by atoms with Gasteiger partial charge >= 0.3 is 0 Å². The molecule has 0 aliphatic heterocycles. The molecule has 0 atom stereocenters. The molecular weight excluding hydrogens is 446 g/mol. The van der Waals surface area contributed by atoms with Crippen LogP contribution in [0.2, 0.25) is 0 Å². The number of nitrogens with two attached hydrogens (primary N) is 1. The highest BCUT2D eigenvalue weighted by atomic mass is 32.1. The highest BCUT2D eigenvalue weighted by Gasteiger charge is 2.24. The van der Waals surface area contributed by atoms with E-state index in [-0.39, 0.29) is 5.78 Å². The van der Waals surface area contributed by atoms with Crippen molar-refractivity contribution in [2.75, 3.05) is 20.0 Å². The van der Waals surface area contributed by atoms with E-state index in [9.17, 15) is 4.79 Å². The molecular formula is C27H21N3O3S. The molecule has 0 amide bonds. The van der Waals surface area contributed by atoms with Crippen molar-refractivity contribution < 1.29 is 14.3 Å². The number of benzene rings is 2. The Morgan fingerprint density at radius 2 is 1.71 bits per heavy atom. The van der Waals surface area contributed by atoms with E-state index in [2.05, 4.69) is 4.98 Å². The predicted molar refractivity (Wildman–Crippen MR) is 136 cm³/mol. The highest BCUT2D eigenvalue weighted by molar-refractivity contribution is 7.21. The van der Waals surface area contributed by atoms with Crippen molar-refractivity contribution in [2.24, 2.45) is 0 Å². The summed E-state index contributed by atoms with van der Waals surface area (Å²) in [6.07, 6.45) is 1.59. The Morgan fingerprint density at radius 1 is 0.912 bits per heavy atom. The fourth-order valence-electron chi connectivity index (χ4n) is 3.97. The fourth-order valence-corrected chi connectivity index (χ4v) is 5.04. The molecule has 0 aliphatic carbocycles. The van der Waals surface area contributed by atoms with Gasteiger partial charge in [-0.2, -0.15) is 0 Å². The van der Waals surface area contributed by atoms with Gasteiger partial charge < -0.3 is 15.2 Å². The van der Waals surface area contributed by atoms with Crippen LogP contribution in [-0.2, 0) is 0 Å². The number of pyridine rings is 2. The normalized spacial score (nSPS) is 10.9. The standard InChI is InChI=1S/C27H21N3O3S/c1-32-21-13-8-11-17(25(21)33-2)18-15-20(16-9-4-3-5-10-16)30-27-22(18)23(28)26(34-27)24(31)19-12-6-7-14-29-19/h3-15H,28H2,1-2H3. The van der Waals surface area contributed by atoms with Crippen molar-refractivity contribution in [2.45, 2.75) is 0 Å². The number of carbonyl (C=O) groups is 1. The van der Waals surface area contributed by atoms with E-state index < -0.39 is 0 Å². The SMILES string of the molecule is COc1cccc(-c2cc(-c3ccccc3)nc3sc(C(=O)c4ccccn4)c(N)c23)c1OC. The van der Waals surface area contributed by atoms with E-state index in [1.807, 2.05) is 54.6 Å². The van der Waals surface area contributed by atoms with Gasteiger partial charge in [0.2, 0.25) is 5.78 Å². The summed E-state index contributed by atoms with van der Waals surface area (Å²) in [4.78, 5) is 23.4. The maximum Gasteiger partial charge on any atom is 0.223 e. The van der Waals surface area contributed by atoms with Crippen molar-refractivity contribution >= 4 is 33.0 Å². The molecule has 2 aromatic carbocycles. The number of nitrogens with zero attached hydrogens (tertiary/aromatic N) is 2. The number of anilines is 1. The molecule has 5 aromatic rings. The summed E-state index contributed by atoms with van der Waals surface area (Å²) >= 11 is 1.27. The smallest absolute Gasteiger partial charge is 0.223 e. The first-order valence-corrected chi connectivity index (χ1v) is 11.4. The van der Waals surface area contributed by atoms with E-state index in [0.717, 1.165) is 22.4 Å². The van der Waals surface area contributed by atoms with Crippen molar-refractivity contribution in [3.8, 4) is 33.9 Å². The highest BCUT2D eigenvalue weighted by Crippen LogP contribution is 2.46. The van der Waals surface area contributed by atoms with Crippen LogP contribution < -0.4 is 15.2 Å². The molecule has 0 saturated heterocycles.